The minimum Gasteiger partial charge on any atom is -0.364 e. The van der Waals surface area contributed by atoms with Crippen molar-refractivity contribution in [2.75, 3.05) is 13.1 Å². The third-order valence-corrected chi connectivity index (χ3v) is 2.89. The van der Waals surface area contributed by atoms with Gasteiger partial charge in [0.2, 0.25) is 0 Å². The fourth-order valence-electron chi connectivity index (χ4n) is 1.92. The molecule has 3 heteroatoms. The van der Waals surface area contributed by atoms with Crippen molar-refractivity contribution < 1.29 is 9.63 Å². The molecule has 0 aromatic heterocycles. The highest BCUT2D eigenvalue weighted by Crippen LogP contribution is 2.13. The van der Waals surface area contributed by atoms with E-state index in [2.05, 4.69) is 0 Å². The Balaban J connectivity index is 2.00. The first-order valence-corrected chi connectivity index (χ1v) is 5.80. The molecule has 0 unspecified atom stereocenters. The lowest BCUT2D eigenvalue weighted by molar-refractivity contribution is -0.119. The quantitative estimate of drug-likeness (QED) is 0.765. The topological polar surface area (TPSA) is 29.5 Å². The van der Waals surface area contributed by atoms with E-state index >= 15 is 0 Å². The fraction of sp³-hybridized carbons (Fsp3) is 0.462. The molecule has 1 aromatic carbocycles. The molecule has 0 radical (unpaired) electrons. The van der Waals surface area contributed by atoms with E-state index < -0.39 is 0 Å². The summed E-state index contributed by atoms with van der Waals surface area (Å²) in [7, 11) is 0. The standard InChI is InChI=1S/C13H17NO2/c1-11-7-3-4-8-12(11)13(15)16-14-9-5-2-6-10-14/h3-4,7-8H,2,5-6,9-10H2,1H3. The molecule has 0 amide bonds. The van der Waals surface area contributed by atoms with Crippen molar-refractivity contribution in [3.8, 4) is 0 Å². The SMILES string of the molecule is Cc1ccccc1C(=O)ON1CCCCC1. The maximum Gasteiger partial charge on any atom is 0.357 e. The van der Waals surface area contributed by atoms with Gasteiger partial charge in [-0.2, -0.15) is 0 Å². The summed E-state index contributed by atoms with van der Waals surface area (Å²) < 4.78 is 0. The fourth-order valence-corrected chi connectivity index (χ4v) is 1.92. The van der Waals surface area contributed by atoms with Gasteiger partial charge in [0.15, 0.2) is 0 Å². The second-order valence-electron chi connectivity index (χ2n) is 4.18. The predicted molar refractivity (Wildman–Crippen MR) is 62.0 cm³/mol. The second-order valence-corrected chi connectivity index (χ2v) is 4.18. The molecule has 1 saturated heterocycles. The molecule has 0 saturated carbocycles. The molecular weight excluding hydrogens is 202 g/mol. The monoisotopic (exact) mass is 219 g/mol. The van der Waals surface area contributed by atoms with Crippen LogP contribution in [0.3, 0.4) is 0 Å². The molecule has 16 heavy (non-hydrogen) atoms. The van der Waals surface area contributed by atoms with Crippen LogP contribution in [0.25, 0.3) is 0 Å². The van der Waals surface area contributed by atoms with E-state index in [0.717, 1.165) is 31.5 Å². The van der Waals surface area contributed by atoms with E-state index in [4.69, 9.17) is 4.84 Å². The maximum absolute atomic E-state index is 11.9. The minimum atomic E-state index is -0.236. The average molecular weight is 219 g/mol. The Bertz CT molecular complexity index is 370. The summed E-state index contributed by atoms with van der Waals surface area (Å²) in [5, 5.41) is 1.78. The molecule has 1 fully saturated rings. The summed E-state index contributed by atoms with van der Waals surface area (Å²) in [5.41, 5.74) is 1.62. The van der Waals surface area contributed by atoms with Crippen molar-refractivity contribution in [3.63, 3.8) is 0 Å². The van der Waals surface area contributed by atoms with E-state index in [1.165, 1.54) is 6.42 Å². The molecule has 1 aliphatic heterocycles. The van der Waals surface area contributed by atoms with Crippen LogP contribution in [-0.2, 0) is 4.84 Å². The molecule has 1 heterocycles. The molecule has 0 bridgehead atoms. The highest BCUT2D eigenvalue weighted by molar-refractivity contribution is 5.90. The molecule has 0 aliphatic carbocycles. The Kier molecular flexibility index (Phi) is 3.57. The number of carbonyl (C=O) groups is 1. The smallest absolute Gasteiger partial charge is 0.357 e. The van der Waals surface area contributed by atoms with Gasteiger partial charge in [0.05, 0.1) is 5.56 Å². The van der Waals surface area contributed by atoms with Crippen LogP contribution in [0.4, 0.5) is 0 Å². The number of hydrogen-bond acceptors (Lipinski definition) is 3. The van der Waals surface area contributed by atoms with E-state index in [9.17, 15) is 4.79 Å². The van der Waals surface area contributed by atoms with Gasteiger partial charge in [-0.25, -0.2) is 4.79 Å². The molecule has 86 valence electrons. The zero-order chi connectivity index (χ0) is 11.4. The number of rotatable bonds is 2. The van der Waals surface area contributed by atoms with Gasteiger partial charge in [0.25, 0.3) is 0 Å². The first-order valence-electron chi connectivity index (χ1n) is 5.80. The second kappa shape index (κ2) is 5.12. The summed E-state index contributed by atoms with van der Waals surface area (Å²) in [6.45, 7) is 3.64. The van der Waals surface area contributed by atoms with Crippen molar-refractivity contribution in [1.82, 2.24) is 5.06 Å². The Morgan fingerprint density at radius 3 is 2.56 bits per heavy atom. The van der Waals surface area contributed by atoms with E-state index in [1.807, 2.05) is 31.2 Å². The Labute approximate surface area is 96.0 Å². The Hall–Kier alpha value is -1.35. The molecule has 1 aromatic rings. The van der Waals surface area contributed by atoms with Crippen LogP contribution in [-0.4, -0.2) is 24.1 Å². The summed E-state index contributed by atoms with van der Waals surface area (Å²) in [6, 6.07) is 7.52. The number of piperidine rings is 1. The van der Waals surface area contributed by atoms with Crippen molar-refractivity contribution in [1.29, 1.82) is 0 Å². The van der Waals surface area contributed by atoms with Gasteiger partial charge in [-0.3, -0.25) is 0 Å². The summed E-state index contributed by atoms with van der Waals surface area (Å²) in [4.78, 5) is 17.2. The molecule has 0 atom stereocenters. The summed E-state index contributed by atoms with van der Waals surface area (Å²) >= 11 is 0. The van der Waals surface area contributed by atoms with Crippen LogP contribution < -0.4 is 0 Å². The van der Waals surface area contributed by atoms with Crippen LogP contribution >= 0.6 is 0 Å². The molecule has 0 spiro atoms. The number of hydrogen-bond donors (Lipinski definition) is 0. The lowest BCUT2D eigenvalue weighted by Crippen LogP contribution is -2.32. The van der Waals surface area contributed by atoms with Crippen molar-refractivity contribution in [3.05, 3.63) is 35.4 Å². The highest BCUT2D eigenvalue weighted by Gasteiger charge is 2.17. The third kappa shape index (κ3) is 2.61. The molecule has 2 rings (SSSR count). The number of nitrogens with zero attached hydrogens (tertiary/aromatic N) is 1. The minimum absolute atomic E-state index is 0.236. The zero-order valence-corrected chi connectivity index (χ0v) is 9.61. The summed E-state index contributed by atoms with van der Waals surface area (Å²) in [5.74, 6) is -0.236. The Morgan fingerprint density at radius 2 is 1.88 bits per heavy atom. The van der Waals surface area contributed by atoms with Gasteiger partial charge >= 0.3 is 5.97 Å². The van der Waals surface area contributed by atoms with Crippen LogP contribution in [0.5, 0.6) is 0 Å². The van der Waals surface area contributed by atoms with Gasteiger partial charge in [0.1, 0.15) is 0 Å². The average Bonchev–Trinajstić information content (AvgIpc) is 2.31. The largest absolute Gasteiger partial charge is 0.364 e. The number of carbonyl (C=O) groups excluding carboxylic acids is 1. The van der Waals surface area contributed by atoms with Crippen molar-refractivity contribution in [2.45, 2.75) is 26.2 Å². The van der Waals surface area contributed by atoms with E-state index in [0.29, 0.717) is 5.56 Å². The molecule has 3 nitrogen and oxygen atoms in total. The van der Waals surface area contributed by atoms with Crippen LogP contribution in [0.2, 0.25) is 0 Å². The van der Waals surface area contributed by atoms with Crippen LogP contribution in [0, 0.1) is 6.92 Å². The Morgan fingerprint density at radius 1 is 1.19 bits per heavy atom. The van der Waals surface area contributed by atoms with Gasteiger partial charge in [-0.1, -0.05) is 24.6 Å². The summed E-state index contributed by atoms with van der Waals surface area (Å²) in [6.07, 6.45) is 3.46. The molecule has 1 aliphatic rings. The lowest BCUT2D eigenvalue weighted by atomic mass is 10.1. The highest BCUT2D eigenvalue weighted by atomic mass is 16.7. The van der Waals surface area contributed by atoms with Crippen LogP contribution in [0.1, 0.15) is 35.2 Å². The third-order valence-electron chi connectivity index (χ3n) is 2.89. The maximum atomic E-state index is 11.9. The van der Waals surface area contributed by atoms with Gasteiger partial charge in [-0.15, -0.1) is 5.06 Å². The van der Waals surface area contributed by atoms with Gasteiger partial charge in [0, 0.05) is 13.1 Å². The van der Waals surface area contributed by atoms with Crippen molar-refractivity contribution >= 4 is 5.97 Å². The van der Waals surface area contributed by atoms with Crippen molar-refractivity contribution in [2.24, 2.45) is 0 Å². The van der Waals surface area contributed by atoms with E-state index in [1.54, 1.807) is 5.06 Å². The first kappa shape index (κ1) is 11.1. The first-order chi connectivity index (χ1) is 7.77. The van der Waals surface area contributed by atoms with E-state index in [-0.39, 0.29) is 5.97 Å². The number of benzene rings is 1. The zero-order valence-electron chi connectivity index (χ0n) is 9.61. The molecule has 0 N–H and O–H groups in total. The lowest BCUT2D eigenvalue weighted by Gasteiger charge is -2.24. The molecular formula is C13H17NO2. The van der Waals surface area contributed by atoms with Gasteiger partial charge in [-0.05, 0) is 31.4 Å². The predicted octanol–water partition coefficient (Wildman–Crippen LogP) is 2.55. The van der Waals surface area contributed by atoms with Gasteiger partial charge < -0.3 is 4.84 Å². The normalized spacial score (nSPS) is 17.1. The number of hydroxylamine groups is 2. The number of aryl methyl sites for hydroxylation is 1. The van der Waals surface area contributed by atoms with Crippen LogP contribution in [0.15, 0.2) is 24.3 Å².